The Kier molecular flexibility index (Phi) is 7.90. The van der Waals surface area contributed by atoms with Gasteiger partial charge in [-0.05, 0) is 120 Å². The third-order valence-electron chi connectivity index (χ3n) is 14.3. The standard InChI is InChI=1S/C62H43NO/c1-61(2)54-26-14-11-22-47(54)50-35-33-44(37-57(50)61)63(45-34-36-52-58(38-45)64-59-39-53(40-17-5-3-6-18-40)46-21-9-10-25-51(46)60(52)59)43-31-29-42(30-32-43)62(41-19-7-4-8-20-41)55-27-15-12-23-48(55)49-24-13-16-28-56(49)62/h3-39H,1-2H3. The van der Waals surface area contributed by atoms with Crippen molar-refractivity contribution in [3.63, 3.8) is 0 Å². The Hall–Kier alpha value is -7.94. The van der Waals surface area contributed by atoms with Crippen LogP contribution in [0.1, 0.15) is 47.2 Å². The molecule has 64 heavy (non-hydrogen) atoms. The second-order valence-electron chi connectivity index (χ2n) is 18.0. The molecule has 2 nitrogen and oxygen atoms in total. The highest BCUT2D eigenvalue weighted by Gasteiger charge is 2.46. The molecule has 302 valence electrons. The molecule has 0 saturated carbocycles. The summed E-state index contributed by atoms with van der Waals surface area (Å²) in [6.07, 6.45) is 0. The van der Waals surface area contributed by atoms with E-state index in [2.05, 4.69) is 243 Å². The molecule has 0 N–H and O–H groups in total. The molecule has 0 spiro atoms. The molecular formula is C62H43NO. The zero-order valence-corrected chi connectivity index (χ0v) is 35.7. The summed E-state index contributed by atoms with van der Waals surface area (Å²) < 4.78 is 6.92. The van der Waals surface area contributed by atoms with Gasteiger partial charge in [-0.15, -0.1) is 0 Å². The Labute approximate surface area is 373 Å². The van der Waals surface area contributed by atoms with Gasteiger partial charge in [-0.1, -0.05) is 190 Å². The van der Waals surface area contributed by atoms with Crippen molar-refractivity contribution in [1.29, 1.82) is 0 Å². The van der Waals surface area contributed by atoms with Gasteiger partial charge < -0.3 is 9.32 Å². The molecule has 0 unspecified atom stereocenters. The van der Waals surface area contributed by atoms with Crippen molar-refractivity contribution in [2.24, 2.45) is 0 Å². The smallest absolute Gasteiger partial charge is 0.137 e. The fourth-order valence-corrected chi connectivity index (χ4v) is 11.5. The van der Waals surface area contributed by atoms with Gasteiger partial charge in [-0.2, -0.15) is 0 Å². The van der Waals surface area contributed by atoms with Gasteiger partial charge >= 0.3 is 0 Å². The van der Waals surface area contributed by atoms with Crippen molar-refractivity contribution in [1.82, 2.24) is 0 Å². The Morgan fingerprint density at radius 2 is 0.859 bits per heavy atom. The predicted octanol–water partition coefficient (Wildman–Crippen LogP) is 16.5. The summed E-state index contributed by atoms with van der Waals surface area (Å²) in [6.45, 7) is 4.71. The summed E-state index contributed by atoms with van der Waals surface area (Å²) in [4.78, 5) is 2.41. The first-order valence-corrected chi connectivity index (χ1v) is 22.3. The summed E-state index contributed by atoms with van der Waals surface area (Å²) in [5, 5.41) is 4.67. The van der Waals surface area contributed by atoms with Crippen LogP contribution in [0, 0.1) is 0 Å². The molecule has 0 atom stereocenters. The number of hydrogen-bond acceptors (Lipinski definition) is 2. The first kappa shape index (κ1) is 36.7. The Morgan fingerprint density at radius 3 is 1.56 bits per heavy atom. The maximum atomic E-state index is 6.92. The molecule has 0 bridgehead atoms. The summed E-state index contributed by atoms with van der Waals surface area (Å²) in [5.74, 6) is 0. The van der Waals surface area contributed by atoms with E-state index >= 15 is 0 Å². The number of rotatable bonds is 6. The van der Waals surface area contributed by atoms with E-state index in [9.17, 15) is 0 Å². The van der Waals surface area contributed by atoms with Crippen LogP contribution in [-0.2, 0) is 10.8 Å². The lowest BCUT2D eigenvalue weighted by Crippen LogP contribution is -2.28. The van der Waals surface area contributed by atoms with Gasteiger partial charge in [0.05, 0.1) is 5.41 Å². The SMILES string of the molecule is CC1(C)c2ccccc2-c2ccc(N(c3ccc(C4(c5ccccc5)c5ccccc5-c5ccccc54)cc3)c3ccc4c(c3)oc3cc(-c5ccccc5)c5ccccc5c34)cc21. The van der Waals surface area contributed by atoms with Crippen molar-refractivity contribution in [2.45, 2.75) is 24.7 Å². The molecule has 13 rings (SSSR count). The largest absolute Gasteiger partial charge is 0.456 e. The van der Waals surface area contributed by atoms with E-state index in [0.717, 1.165) is 39.0 Å². The minimum atomic E-state index is -0.476. The van der Waals surface area contributed by atoms with Gasteiger partial charge in [-0.25, -0.2) is 0 Å². The van der Waals surface area contributed by atoms with E-state index in [-0.39, 0.29) is 5.41 Å². The lowest BCUT2D eigenvalue weighted by Gasteiger charge is -2.34. The van der Waals surface area contributed by atoms with Gasteiger partial charge in [0.1, 0.15) is 11.2 Å². The first-order valence-electron chi connectivity index (χ1n) is 22.3. The lowest BCUT2D eigenvalue weighted by atomic mass is 9.68. The highest BCUT2D eigenvalue weighted by Crippen LogP contribution is 2.57. The van der Waals surface area contributed by atoms with Gasteiger partial charge in [-0.3, -0.25) is 0 Å². The topological polar surface area (TPSA) is 16.4 Å². The van der Waals surface area contributed by atoms with Crippen LogP contribution in [-0.4, -0.2) is 0 Å². The van der Waals surface area contributed by atoms with Crippen molar-refractivity contribution in [3.05, 3.63) is 258 Å². The molecule has 0 amide bonds. The lowest BCUT2D eigenvalue weighted by molar-refractivity contribution is 0.660. The number of fused-ring (bicyclic) bond motifs is 11. The van der Waals surface area contributed by atoms with Crippen molar-refractivity contribution in [2.75, 3.05) is 4.90 Å². The van der Waals surface area contributed by atoms with Crippen LogP contribution in [0.5, 0.6) is 0 Å². The second-order valence-corrected chi connectivity index (χ2v) is 18.0. The minimum Gasteiger partial charge on any atom is -0.456 e. The number of hydrogen-bond donors (Lipinski definition) is 0. The quantitative estimate of drug-likeness (QED) is 0.166. The maximum Gasteiger partial charge on any atom is 0.137 e. The van der Waals surface area contributed by atoms with Crippen molar-refractivity contribution in [3.8, 4) is 33.4 Å². The third-order valence-corrected chi connectivity index (χ3v) is 14.3. The fraction of sp³-hybridized carbons (Fsp3) is 0.0645. The predicted molar refractivity (Wildman–Crippen MR) is 266 cm³/mol. The molecule has 2 aliphatic rings. The Balaban J connectivity index is 1.02. The fourth-order valence-electron chi connectivity index (χ4n) is 11.5. The molecule has 0 fully saturated rings. The molecule has 1 heterocycles. The maximum absolute atomic E-state index is 6.92. The third kappa shape index (κ3) is 5.14. The van der Waals surface area contributed by atoms with Crippen LogP contribution in [0.4, 0.5) is 17.1 Å². The van der Waals surface area contributed by atoms with Gasteiger partial charge in [0.25, 0.3) is 0 Å². The molecule has 11 aromatic rings. The molecule has 2 aliphatic carbocycles. The first-order chi connectivity index (χ1) is 31.5. The molecular weight excluding hydrogens is 775 g/mol. The van der Waals surface area contributed by atoms with Crippen molar-refractivity contribution < 1.29 is 4.42 Å². The van der Waals surface area contributed by atoms with E-state index in [4.69, 9.17) is 4.42 Å². The van der Waals surface area contributed by atoms with Crippen molar-refractivity contribution >= 4 is 49.8 Å². The summed E-state index contributed by atoms with van der Waals surface area (Å²) in [7, 11) is 0. The normalized spacial score (nSPS) is 14.0. The van der Waals surface area contributed by atoms with Crippen LogP contribution in [0.3, 0.4) is 0 Å². The molecule has 0 aliphatic heterocycles. The average molecular weight is 818 g/mol. The zero-order valence-electron chi connectivity index (χ0n) is 35.7. The van der Waals surface area contributed by atoms with E-state index in [1.807, 2.05) is 0 Å². The average Bonchev–Trinajstić information content (AvgIpc) is 3.96. The Bertz CT molecular complexity index is 3590. The summed E-state index contributed by atoms with van der Waals surface area (Å²) in [6, 6.07) is 82.6. The summed E-state index contributed by atoms with van der Waals surface area (Å²) in [5.41, 5.74) is 19.7. The number of nitrogens with zero attached hydrogens (tertiary/aromatic N) is 1. The van der Waals surface area contributed by atoms with E-state index in [1.54, 1.807) is 0 Å². The van der Waals surface area contributed by atoms with Crippen LogP contribution < -0.4 is 4.90 Å². The monoisotopic (exact) mass is 817 g/mol. The molecule has 1 aromatic heterocycles. The van der Waals surface area contributed by atoms with Gasteiger partial charge in [0, 0.05) is 39.3 Å². The van der Waals surface area contributed by atoms with E-state index < -0.39 is 5.41 Å². The van der Waals surface area contributed by atoms with E-state index in [0.29, 0.717) is 0 Å². The zero-order chi connectivity index (χ0) is 42.6. The van der Waals surface area contributed by atoms with E-state index in [1.165, 1.54) is 77.5 Å². The highest BCUT2D eigenvalue weighted by atomic mass is 16.3. The molecule has 10 aromatic carbocycles. The number of benzene rings is 10. The summed E-state index contributed by atoms with van der Waals surface area (Å²) >= 11 is 0. The second kappa shape index (κ2) is 13.8. The highest BCUT2D eigenvalue weighted by molar-refractivity contribution is 6.22. The molecule has 2 heteroatoms. The minimum absolute atomic E-state index is 0.150. The number of anilines is 3. The van der Waals surface area contributed by atoms with Gasteiger partial charge in [0.2, 0.25) is 0 Å². The van der Waals surface area contributed by atoms with Crippen LogP contribution >= 0.6 is 0 Å². The van der Waals surface area contributed by atoms with Gasteiger partial charge in [0.15, 0.2) is 0 Å². The molecule has 0 saturated heterocycles. The van der Waals surface area contributed by atoms with Crippen LogP contribution in [0.2, 0.25) is 0 Å². The Morgan fingerprint density at radius 1 is 0.344 bits per heavy atom. The molecule has 0 radical (unpaired) electrons. The number of furan rings is 1. The van der Waals surface area contributed by atoms with Crippen LogP contribution in [0.25, 0.3) is 66.1 Å². The van der Waals surface area contributed by atoms with Crippen LogP contribution in [0.15, 0.2) is 229 Å².